The largest absolute Gasteiger partial charge is 0.393 e. The van der Waals surface area contributed by atoms with Gasteiger partial charge in [-0.05, 0) is 101 Å². The summed E-state index contributed by atoms with van der Waals surface area (Å²) in [5, 5.41) is 30.9. The smallest absolute Gasteiger partial charge is 0.108 e. The highest BCUT2D eigenvalue weighted by Crippen LogP contribution is 2.59. The summed E-state index contributed by atoms with van der Waals surface area (Å²) in [6.45, 7) is 13.9. The second-order valence-electron chi connectivity index (χ2n) is 11.5. The molecule has 3 aliphatic carbocycles. The zero-order chi connectivity index (χ0) is 23.0. The second kappa shape index (κ2) is 9.00. The Kier molecular flexibility index (Phi) is 7.11. The zero-order valence-corrected chi connectivity index (χ0v) is 20.3. The SMILES string of the molecule is C=C1CC[C@H](O)C/C1=C/C=C1\CCC[C@]2(C)[C@@H]([C@H](C)C=CC(C)(O)C(C)(C)O)CC[C@@H]12. The van der Waals surface area contributed by atoms with Gasteiger partial charge in [0.05, 0.1) is 11.7 Å². The number of aliphatic hydroxyl groups excluding tert-OH is 1. The Morgan fingerprint density at radius 1 is 1.10 bits per heavy atom. The molecular formula is C28H44O3. The lowest BCUT2D eigenvalue weighted by Crippen LogP contribution is -2.46. The van der Waals surface area contributed by atoms with Crippen LogP contribution in [-0.2, 0) is 0 Å². The van der Waals surface area contributed by atoms with E-state index < -0.39 is 11.2 Å². The first kappa shape index (κ1) is 24.5. The molecule has 0 radical (unpaired) electrons. The maximum absolute atomic E-state index is 10.6. The molecule has 0 heterocycles. The van der Waals surface area contributed by atoms with E-state index in [4.69, 9.17) is 0 Å². The van der Waals surface area contributed by atoms with E-state index in [1.165, 1.54) is 43.3 Å². The molecule has 6 atom stereocenters. The monoisotopic (exact) mass is 428 g/mol. The lowest BCUT2D eigenvalue weighted by atomic mass is 9.61. The average Bonchev–Trinajstić information content (AvgIpc) is 3.03. The Morgan fingerprint density at radius 2 is 1.81 bits per heavy atom. The van der Waals surface area contributed by atoms with Crippen LogP contribution in [0.25, 0.3) is 0 Å². The molecule has 3 fully saturated rings. The van der Waals surface area contributed by atoms with Crippen molar-refractivity contribution >= 4 is 0 Å². The highest BCUT2D eigenvalue weighted by atomic mass is 16.3. The van der Waals surface area contributed by atoms with Crippen LogP contribution in [-0.4, -0.2) is 32.6 Å². The number of aliphatic hydroxyl groups is 3. The highest BCUT2D eigenvalue weighted by Gasteiger charge is 2.50. The van der Waals surface area contributed by atoms with Gasteiger partial charge in [-0.15, -0.1) is 0 Å². The first-order valence-electron chi connectivity index (χ1n) is 12.2. The van der Waals surface area contributed by atoms with Crippen LogP contribution in [0.15, 0.2) is 47.6 Å². The second-order valence-corrected chi connectivity index (χ2v) is 11.5. The molecule has 3 nitrogen and oxygen atoms in total. The maximum Gasteiger partial charge on any atom is 0.108 e. The average molecular weight is 429 g/mol. The Bertz CT molecular complexity index is 764. The van der Waals surface area contributed by atoms with Crippen molar-refractivity contribution < 1.29 is 15.3 Å². The van der Waals surface area contributed by atoms with Gasteiger partial charge in [0, 0.05) is 0 Å². The Hall–Kier alpha value is -1.16. The van der Waals surface area contributed by atoms with Gasteiger partial charge < -0.3 is 15.3 Å². The van der Waals surface area contributed by atoms with E-state index >= 15 is 0 Å². The predicted octanol–water partition coefficient (Wildman–Crippen LogP) is 5.87. The minimum absolute atomic E-state index is 0.226. The van der Waals surface area contributed by atoms with E-state index in [1.54, 1.807) is 32.4 Å². The van der Waals surface area contributed by atoms with Crippen molar-refractivity contribution in [3.63, 3.8) is 0 Å². The minimum Gasteiger partial charge on any atom is -0.393 e. The normalized spacial score (nSPS) is 37.9. The van der Waals surface area contributed by atoms with Gasteiger partial charge in [-0.25, -0.2) is 0 Å². The van der Waals surface area contributed by atoms with Gasteiger partial charge in [0.1, 0.15) is 5.60 Å². The van der Waals surface area contributed by atoms with Crippen molar-refractivity contribution in [2.24, 2.45) is 23.2 Å². The fourth-order valence-corrected chi connectivity index (χ4v) is 6.22. The Labute approximate surface area is 189 Å². The fourth-order valence-electron chi connectivity index (χ4n) is 6.22. The van der Waals surface area contributed by atoms with Crippen molar-refractivity contribution in [3.8, 4) is 0 Å². The van der Waals surface area contributed by atoms with Gasteiger partial charge >= 0.3 is 0 Å². The van der Waals surface area contributed by atoms with E-state index in [0.717, 1.165) is 19.3 Å². The molecule has 3 rings (SSSR count). The van der Waals surface area contributed by atoms with Gasteiger partial charge in [-0.3, -0.25) is 0 Å². The predicted molar refractivity (Wildman–Crippen MR) is 129 cm³/mol. The van der Waals surface area contributed by atoms with Crippen molar-refractivity contribution in [1.29, 1.82) is 0 Å². The van der Waals surface area contributed by atoms with E-state index in [9.17, 15) is 15.3 Å². The minimum atomic E-state index is -1.24. The van der Waals surface area contributed by atoms with Gasteiger partial charge in [0.15, 0.2) is 0 Å². The van der Waals surface area contributed by atoms with E-state index in [0.29, 0.717) is 17.8 Å². The standard InChI is InChI=1S/C28H44O3/c1-19-9-12-23(29)18-22(19)11-10-21-8-7-16-27(5)24(13-14-25(21)27)20(2)15-17-28(6,31)26(3,4)30/h10-11,15,17,20,23-25,29-31H,1,7-9,12-14,16,18H2,2-6H3/b17-15?,21-10+,22-11-/t20-,23+,24-,25+,27-,28?/m1/s1. The van der Waals surface area contributed by atoms with Crippen LogP contribution >= 0.6 is 0 Å². The molecule has 3 saturated carbocycles. The van der Waals surface area contributed by atoms with Crippen molar-refractivity contribution in [2.75, 3.05) is 0 Å². The molecule has 31 heavy (non-hydrogen) atoms. The number of hydrogen-bond donors (Lipinski definition) is 3. The molecule has 0 aromatic heterocycles. The van der Waals surface area contributed by atoms with Crippen molar-refractivity contribution in [1.82, 2.24) is 0 Å². The Morgan fingerprint density at radius 3 is 2.48 bits per heavy atom. The summed E-state index contributed by atoms with van der Waals surface area (Å²) >= 11 is 0. The molecule has 0 saturated heterocycles. The Balaban J connectivity index is 1.77. The van der Waals surface area contributed by atoms with E-state index in [-0.39, 0.29) is 11.5 Å². The molecule has 0 bridgehead atoms. The third kappa shape index (κ3) is 5.10. The number of rotatable bonds is 5. The summed E-state index contributed by atoms with van der Waals surface area (Å²) in [7, 11) is 0. The molecule has 0 amide bonds. The fraction of sp³-hybridized carbons (Fsp3) is 0.714. The van der Waals surface area contributed by atoms with Crippen molar-refractivity contribution in [3.05, 3.63) is 47.6 Å². The third-order valence-corrected chi connectivity index (χ3v) is 8.82. The molecule has 1 unspecified atom stereocenters. The van der Waals surface area contributed by atoms with Gasteiger partial charge in [-0.1, -0.05) is 55.9 Å². The van der Waals surface area contributed by atoms with Gasteiger partial charge in [0.2, 0.25) is 0 Å². The third-order valence-electron chi connectivity index (χ3n) is 8.82. The zero-order valence-electron chi connectivity index (χ0n) is 20.3. The van der Waals surface area contributed by atoms with Gasteiger partial charge in [-0.2, -0.15) is 0 Å². The first-order chi connectivity index (χ1) is 14.3. The summed E-state index contributed by atoms with van der Waals surface area (Å²) in [6, 6.07) is 0. The highest BCUT2D eigenvalue weighted by molar-refractivity contribution is 5.36. The summed E-state index contributed by atoms with van der Waals surface area (Å²) < 4.78 is 0. The van der Waals surface area contributed by atoms with Gasteiger partial charge in [0.25, 0.3) is 0 Å². The number of fused-ring (bicyclic) bond motifs is 1. The molecule has 0 aromatic rings. The molecule has 0 aliphatic heterocycles. The molecular weight excluding hydrogens is 384 g/mol. The quantitative estimate of drug-likeness (QED) is 0.480. The molecule has 3 N–H and O–H groups in total. The molecule has 0 aromatic carbocycles. The summed E-state index contributed by atoms with van der Waals surface area (Å²) in [5.74, 6) is 1.54. The van der Waals surface area contributed by atoms with Crippen LogP contribution in [0.3, 0.4) is 0 Å². The molecule has 174 valence electrons. The van der Waals surface area contributed by atoms with E-state index in [1.807, 2.05) is 0 Å². The molecule has 0 spiro atoms. The van der Waals surface area contributed by atoms with Crippen molar-refractivity contribution in [2.45, 2.75) is 103 Å². The topological polar surface area (TPSA) is 60.7 Å². The van der Waals surface area contributed by atoms with E-state index in [2.05, 4.69) is 38.7 Å². The van der Waals surface area contributed by atoms with Crippen LogP contribution in [0.2, 0.25) is 0 Å². The van der Waals surface area contributed by atoms with Crippen LogP contribution in [0.4, 0.5) is 0 Å². The van der Waals surface area contributed by atoms with Crippen LogP contribution < -0.4 is 0 Å². The van der Waals surface area contributed by atoms with Crippen LogP contribution in [0, 0.1) is 23.2 Å². The lowest BCUT2D eigenvalue weighted by molar-refractivity contribution is -0.0886. The summed E-state index contributed by atoms with van der Waals surface area (Å²) in [4.78, 5) is 0. The number of allylic oxidation sites excluding steroid dienone is 5. The number of hydrogen-bond acceptors (Lipinski definition) is 3. The molecule has 3 heteroatoms. The van der Waals surface area contributed by atoms with Crippen LogP contribution in [0.5, 0.6) is 0 Å². The maximum atomic E-state index is 10.6. The lowest BCUT2D eigenvalue weighted by Gasteiger charge is -2.44. The first-order valence-corrected chi connectivity index (χ1v) is 12.2. The summed E-state index contributed by atoms with van der Waals surface area (Å²) in [5.41, 5.74) is 1.83. The van der Waals surface area contributed by atoms with Crippen LogP contribution in [0.1, 0.15) is 86.0 Å². The summed E-state index contributed by atoms with van der Waals surface area (Å²) in [6.07, 6.45) is 16.8. The molecule has 3 aliphatic rings.